The van der Waals surface area contributed by atoms with Crippen LogP contribution in [0.4, 0.5) is 5.69 Å². The third-order valence-electron chi connectivity index (χ3n) is 7.84. The third kappa shape index (κ3) is 7.29. The van der Waals surface area contributed by atoms with Crippen molar-refractivity contribution >= 4 is 39.1 Å². The maximum atomic E-state index is 14.2. The van der Waals surface area contributed by atoms with Gasteiger partial charge in [0.05, 0.1) is 10.6 Å². The molecular formula is C32H38ClN3O4S. The summed E-state index contributed by atoms with van der Waals surface area (Å²) < 4.78 is 29.0. The minimum Gasteiger partial charge on any atom is -0.352 e. The van der Waals surface area contributed by atoms with Gasteiger partial charge in [-0.25, -0.2) is 8.42 Å². The molecule has 2 amide bonds. The molecule has 3 aromatic carbocycles. The summed E-state index contributed by atoms with van der Waals surface area (Å²) in [5.74, 6) is -0.728. The Bertz CT molecular complexity index is 1470. The van der Waals surface area contributed by atoms with Crippen LogP contribution in [0.5, 0.6) is 0 Å². The van der Waals surface area contributed by atoms with Gasteiger partial charge >= 0.3 is 0 Å². The van der Waals surface area contributed by atoms with Crippen LogP contribution in [0.3, 0.4) is 0 Å². The van der Waals surface area contributed by atoms with Crippen LogP contribution >= 0.6 is 11.6 Å². The van der Waals surface area contributed by atoms with Crippen molar-refractivity contribution in [1.82, 2.24) is 10.2 Å². The molecular weight excluding hydrogens is 558 g/mol. The fraction of sp³-hybridized carbons (Fsp3) is 0.375. The molecule has 1 aliphatic rings. The van der Waals surface area contributed by atoms with E-state index in [4.69, 9.17) is 11.6 Å². The quantitative estimate of drug-likeness (QED) is 0.311. The number of sulfonamides is 1. The first-order chi connectivity index (χ1) is 19.6. The number of carbonyl (C=O) groups excluding carboxylic acids is 2. The number of aryl methyl sites for hydroxylation is 1. The molecule has 1 N–H and O–H groups in total. The second-order valence-corrected chi connectivity index (χ2v) is 12.9. The van der Waals surface area contributed by atoms with E-state index in [1.807, 2.05) is 31.2 Å². The zero-order chi connectivity index (χ0) is 29.6. The van der Waals surface area contributed by atoms with Gasteiger partial charge < -0.3 is 10.2 Å². The van der Waals surface area contributed by atoms with Crippen LogP contribution in [0.2, 0.25) is 5.02 Å². The minimum absolute atomic E-state index is 0.0562. The Morgan fingerprint density at radius 3 is 2.27 bits per heavy atom. The second-order valence-electron chi connectivity index (χ2n) is 10.7. The molecule has 0 aromatic heterocycles. The van der Waals surface area contributed by atoms with Crippen molar-refractivity contribution < 1.29 is 18.0 Å². The summed E-state index contributed by atoms with van der Waals surface area (Å²) in [6.45, 7) is 5.05. The topological polar surface area (TPSA) is 86.8 Å². The Labute approximate surface area is 248 Å². The van der Waals surface area contributed by atoms with Crippen molar-refractivity contribution in [1.29, 1.82) is 0 Å². The molecule has 0 aliphatic heterocycles. The van der Waals surface area contributed by atoms with Gasteiger partial charge in [-0.3, -0.25) is 13.9 Å². The van der Waals surface area contributed by atoms with E-state index >= 15 is 0 Å². The largest absolute Gasteiger partial charge is 0.352 e. The number of anilines is 1. The molecule has 3 aromatic rings. The van der Waals surface area contributed by atoms with E-state index in [1.165, 1.54) is 17.0 Å². The second kappa shape index (κ2) is 13.5. The van der Waals surface area contributed by atoms with E-state index in [-0.39, 0.29) is 23.4 Å². The Morgan fingerprint density at radius 2 is 1.59 bits per heavy atom. The highest BCUT2D eigenvalue weighted by atomic mass is 35.5. The average Bonchev–Trinajstić information content (AvgIpc) is 2.97. The molecule has 7 nitrogen and oxygen atoms in total. The standard InChI is InChI=1S/C32H38ClN3O4S/c1-23-13-10-11-14-26(23)21-35(25(3)32(38)34-27-15-6-4-7-16-27)31(37)22-36(30-20-12-19-29(33)24(30)2)41(39,40)28-17-8-5-9-18-28/h5,8-14,17-20,25,27H,4,6-7,15-16,21-22H2,1-3H3,(H,34,38)/t25-/m0/s1. The van der Waals surface area contributed by atoms with Gasteiger partial charge in [0, 0.05) is 17.6 Å². The molecule has 0 radical (unpaired) electrons. The molecule has 1 saturated carbocycles. The molecule has 1 aliphatic carbocycles. The highest BCUT2D eigenvalue weighted by molar-refractivity contribution is 7.92. The fourth-order valence-electron chi connectivity index (χ4n) is 5.22. The number of benzene rings is 3. The first kappa shape index (κ1) is 30.6. The first-order valence-corrected chi connectivity index (χ1v) is 15.9. The number of amides is 2. The van der Waals surface area contributed by atoms with Gasteiger partial charge in [0.1, 0.15) is 12.6 Å². The molecule has 0 saturated heterocycles. The summed E-state index contributed by atoms with van der Waals surface area (Å²) in [5, 5.41) is 3.52. The summed E-state index contributed by atoms with van der Waals surface area (Å²) in [6, 6.07) is 19.9. The van der Waals surface area contributed by atoms with Gasteiger partial charge in [0.2, 0.25) is 11.8 Å². The Morgan fingerprint density at radius 1 is 0.927 bits per heavy atom. The third-order valence-corrected chi connectivity index (χ3v) is 10.0. The predicted octanol–water partition coefficient (Wildman–Crippen LogP) is 6.02. The molecule has 41 heavy (non-hydrogen) atoms. The van der Waals surface area contributed by atoms with Crippen molar-refractivity contribution in [3.8, 4) is 0 Å². The molecule has 0 bridgehead atoms. The number of nitrogens with zero attached hydrogens (tertiary/aromatic N) is 2. The Hall–Kier alpha value is -3.36. The summed E-state index contributed by atoms with van der Waals surface area (Å²) in [5.41, 5.74) is 2.71. The molecule has 0 heterocycles. The first-order valence-electron chi connectivity index (χ1n) is 14.1. The number of nitrogens with one attached hydrogen (secondary N) is 1. The molecule has 0 spiro atoms. The lowest BCUT2D eigenvalue weighted by Crippen LogP contribution is -2.53. The normalized spacial score (nSPS) is 14.7. The van der Waals surface area contributed by atoms with Crippen LogP contribution in [0, 0.1) is 13.8 Å². The smallest absolute Gasteiger partial charge is 0.264 e. The van der Waals surface area contributed by atoms with Gasteiger partial charge in [-0.05, 0) is 74.6 Å². The maximum Gasteiger partial charge on any atom is 0.264 e. The summed E-state index contributed by atoms with van der Waals surface area (Å²) in [6.07, 6.45) is 5.13. The van der Waals surface area contributed by atoms with E-state index in [0.29, 0.717) is 16.3 Å². The Kier molecular flexibility index (Phi) is 10.1. The lowest BCUT2D eigenvalue weighted by atomic mass is 9.95. The molecule has 1 atom stereocenters. The van der Waals surface area contributed by atoms with Crippen molar-refractivity contribution in [2.75, 3.05) is 10.8 Å². The SMILES string of the molecule is Cc1ccccc1CN(C(=O)CN(c1cccc(Cl)c1C)S(=O)(=O)c1ccccc1)[C@@H](C)C(=O)NC1CCCCC1. The number of hydrogen-bond acceptors (Lipinski definition) is 4. The van der Waals surface area contributed by atoms with Gasteiger partial charge in [0.25, 0.3) is 10.0 Å². The van der Waals surface area contributed by atoms with Gasteiger partial charge in [0.15, 0.2) is 0 Å². The lowest BCUT2D eigenvalue weighted by Gasteiger charge is -2.34. The lowest BCUT2D eigenvalue weighted by molar-refractivity contribution is -0.139. The van der Waals surface area contributed by atoms with Crippen molar-refractivity contribution in [2.24, 2.45) is 0 Å². The van der Waals surface area contributed by atoms with Crippen LogP contribution in [-0.2, 0) is 26.2 Å². The van der Waals surface area contributed by atoms with Crippen molar-refractivity contribution in [2.45, 2.75) is 76.4 Å². The summed E-state index contributed by atoms with van der Waals surface area (Å²) in [7, 11) is -4.14. The van der Waals surface area contributed by atoms with Crippen molar-refractivity contribution in [3.63, 3.8) is 0 Å². The average molecular weight is 596 g/mol. The minimum atomic E-state index is -4.14. The Balaban J connectivity index is 1.71. The summed E-state index contributed by atoms with van der Waals surface area (Å²) >= 11 is 6.39. The van der Waals surface area contributed by atoms with Crippen LogP contribution in [-0.4, -0.2) is 43.8 Å². The highest BCUT2D eigenvalue weighted by Crippen LogP contribution is 2.31. The molecule has 4 rings (SSSR count). The van der Waals surface area contributed by atoms with Crippen molar-refractivity contribution in [3.05, 3.63) is 94.5 Å². The van der Waals surface area contributed by atoms with Crippen LogP contribution in [0.25, 0.3) is 0 Å². The molecule has 9 heteroatoms. The van der Waals surface area contributed by atoms with Gasteiger partial charge in [-0.15, -0.1) is 0 Å². The molecule has 1 fully saturated rings. The monoisotopic (exact) mass is 595 g/mol. The summed E-state index contributed by atoms with van der Waals surface area (Å²) in [4.78, 5) is 29.1. The van der Waals surface area contributed by atoms with Gasteiger partial charge in [-0.2, -0.15) is 0 Å². The fourth-order valence-corrected chi connectivity index (χ4v) is 6.88. The number of halogens is 1. The molecule has 0 unspecified atom stereocenters. The molecule has 218 valence electrons. The zero-order valence-corrected chi connectivity index (χ0v) is 25.4. The maximum absolute atomic E-state index is 14.2. The highest BCUT2D eigenvalue weighted by Gasteiger charge is 2.34. The van der Waals surface area contributed by atoms with Crippen LogP contribution in [0.15, 0.2) is 77.7 Å². The predicted molar refractivity (Wildman–Crippen MR) is 163 cm³/mol. The number of carbonyl (C=O) groups is 2. The zero-order valence-electron chi connectivity index (χ0n) is 23.8. The van der Waals surface area contributed by atoms with Crippen LogP contribution in [0.1, 0.15) is 55.7 Å². The van der Waals surface area contributed by atoms with E-state index in [0.717, 1.165) is 47.5 Å². The number of hydrogen-bond donors (Lipinski definition) is 1. The van der Waals surface area contributed by atoms with E-state index in [2.05, 4.69) is 5.32 Å². The van der Waals surface area contributed by atoms with E-state index in [9.17, 15) is 18.0 Å². The number of rotatable bonds is 10. The van der Waals surface area contributed by atoms with E-state index in [1.54, 1.807) is 50.2 Å². The van der Waals surface area contributed by atoms with Gasteiger partial charge in [-0.1, -0.05) is 79.4 Å². The van der Waals surface area contributed by atoms with Crippen LogP contribution < -0.4 is 9.62 Å². The van der Waals surface area contributed by atoms with E-state index < -0.39 is 28.5 Å².